The van der Waals surface area contributed by atoms with Gasteiger partial charge >= 0.3 is 5.97 Å². The minimum Gasteiger partial charge on any atom is -0.481 e. The third-order valence-electron chi connectivity index (χ3n) is 5.88. The quantitative estimate of drug-likeness (QED) is 0.149. The van der Waals surface area contributed by atoms with Crippen LogP contribution in [-0.4, -0.2) is 48.4 Å². The average Bonchev–Trinajstić information content (AvgIpc) is 3.26. The number of pyridine rings is 1. The number of aryl methyl sites for hydroxylation is 1. The van der Waals surface area contributed by atoms with Gasteiger partial charge in [0.2, 0.25) is 0 Å². The van der Waals surface area contributed by atoms with Gasteiger partial charge in [-0.2, -0.15) is 5.26 Å². The molecule has 0 aliphatic heterocycles. The highest BCUT2D eigenvalue weighted by Crippen LogP contribution is 2.21. The molecule has 0 spiro atoms. The topological polar surface area (TPSA) is 188 Å². The number of nitrogens with one attached hydrogen (secondary N) is 1. The Kier molecular flexibility index (Phi) is 10.1. The fraction of sp³-hybridized carbons (Fsp3) is 0.222. The molecular formula is C27H27N7O6. The van der Waals surface area contributed by atoms with Crippen molar-refractivity contribution in [2.75, 3.05) is 16.8 Å². The number of carbonyl (C=O) groups is 2. The van der Waals surface area contributed by atoms with E-state index in [2.05, 4.69) is 16.4 Å². The second-order valence-electron chi connectivity index (χ2n) is 8.57. The number of carboxylic acid groups (broad SMARTS) is 1. The molecule has 4 rings (SSSR count). The lowest BCUT2D eigenvalue weighted by atomic mass is 10.1. The lowest BCUT2D eigenvalue weighted by molar-refractivity contribution is -0.742. The molecule has 0 unspecified atom stereocenters. The summed E-state index contributed by atoms with van der Waals surface area (Å²) in [4.78, 5) is 43.3. The molecule has 0 bridgehead atoms. The fourth-order valence-electron chi connectivity index (χ4n) is 3.92. The Labute approximate surface area is 229 Å². The molecule has 0 saturated carbocycles. The second-order valence-corrected chi connectivity index (χ2v) is 8.57. The number of nitrogens with zero attached hydrogens (tertiary/aromatic N) is 6. The summed E-state index contributed by atoms with van der Waals surface area (Å²) in [6.45, 7) is 0.840. The molecule has 206 valence electrons. The van der Waals surface area contributed by atoms with Crippen LogP contribution < -0.4 is 10.2 Å². The van der Waals surface area contributed by atoms with Crippen LogP contribution in [0.15, 0.2) is 66.9 Å². The number of carboxylic acids is 1. The summed E-state index contributed by atoms with van der Waals surface area (Å²) in [6, 6.07) is 20.1. The zero-order valence-corrected chi connectivity index (χ0v) is 21.6. The first-order valence-electron chi connectivity index (χ1n) is 12.2. The van der Waals surface area contributed by atoms with Crippen molar-refractivity contribution in [1.29, 1.82) is 5.26 Å². The van der Waals surface area contributed by atoms with Gasteiger partial charge in [-0.3, -0.25) is 14.5 Å². The Morgan fingerprint density at radius 2 is 1.88 bits per heavy atom. The Hall–Kier alpha value is -5.51. The summed E-state index contributed by atoms with van der Waals surface area (Å²) in [5.74, 6) is 0.255. The number of amides is 1. The molecule has 13 heteroatoms. The van der Waals surface area contributed by atoms with Crippen molar-refractivity contribution in [3.63, 3.8) is 0 Å². The highest BCUT2D eigenvalue weighted by Gasteiger charge is 2.20. The highest BCUT2D eigenvalue weighted by molar-refractivity contribution is 6.07. The van der Waals surface area contributed by atoms with E-state index in [1.165, 1.54) is 0 Å². The van der Waals surface area contributed by atoms with Gasteiger partial charge in [0.25, 0.3) is 11.0 Å². The normalized spacial score (nSPS) is 10.2. The van der Waals surface area contributed by atoms with E-state index in [4.69, 9.17) is 30.7 Å². The standard InChI is InChI=1S/C27H26N6O3.HNO3/c1-32-23-13-10-20(16-22(23)31-25(32)18-30-21-11-8-19(17-28)9-12-21)27(36)33(15-5-3-7-26(34)35)24-6-2-4-14-29-24;2-1(3)4/h2,4,6,8-14,16,30H,3,5,7,15,18H2,1H3,(H,34,35);(H,2,3,4). The van der Waals surface area contributed by atoms with E-state index >= 15 is 0 Å². The van der Waals surface area contributed by atoms with E-state index in [1.807, 2.05) is 35.9 Å². The Morgan fingerprint density at radius 3 is 2.50 bits per heavy atom. The Balaban J connectivity index is 0.00000103. The van der Waals surface area contributed by atoms with Crippen LogP contribution in [0, 0.1) is 21.4 Å². The minimum atomic E-state index is -1.50. The van der Waals surface area contributed by atoms with Crippen LogP contribution >= 0.6 is 0 Å². The maximum absolute atomic E-state index is 13.5. The van der Waals surface area contributed by atoms with Gasteiger partial charge in [-0.05, 0) is 67.4 Å². The van der Waals surface area contributed by atoms with Crippen molar-refractivity contribution >= 4 is 34.4 Å². The molecule has 0 aliphatic rings. The number of hydrogen-bond donors (Lipinski definition) is 3. The maximum Gasteiger partial charge on any atom is 0.303 e. The molecule has 13 nitrogen and oxygen atoms in total. The molecule has 0 saturated heterocycles. The predicted octanol–water partition coefficient (Wildman–Crippen LogP) is 4.01. The first kappa shape index (κ1) is 29.1. The second kappa shape index (κ2) is 13.9. The first-order chi connectivity index (χ1) is 19.2. The summed E-state index contributed by atoms with van der Waals surface area (Å²) in [7, 11) is 1.93. The zero-order chi connectivity index (χ0) is 29.1. The molecule has 3 N–H and O–H groups in total. The summed E-state index contributed by atoms with van der Waals surface area (Å²) in [5, 5.41) is 34.8. The largest absolute Gasteiger partial charge is 0.481 e. The summed E-state index contributed by atoms with van der Waals surface area (Å²) in [6.07, 6.45) is 2.71. The fourth-order valence-corrected chi connectivity index (χ4v) is 3.92. The van der Waals surface area contributed by atoms with Crippen molar-refractivity contribution in [3.05, 3.63) is 93.9 Å². The van der Waals surface area contributed by atoms with Crippen molar-refractivity contribution in [2.45, 2.75) is 25.8 Å². The number of fused-ring (bicyclic) bond motifs is 1. The van der Waals surface area contributed by atoms with Gasteiger partial charge in [-0.25, -0.2) is 9.97 Å². The van der Waals surface area contributed by atoms with Crippen LogP contribution in [0.2, 0.25) is 0 Å². The third-order valence-corrected chi connectivity index (χ3v) is 5.88. The zero-order valence-electron chi connectivity index (χ0n) is 21.6. The molecule has 4 aromatic rings. The van der Waals surface area contributed by atoms with Gasteiger partial charge in [-0.15, -0.1) is 10.1 Å². The van der Waals surface area contributed by atoms with Gasteiger partial charge < -0.3 is 20.2 Å². The van der Waals surface area contributed by atoms with Gasteiger partial charge in [0.15, 0.2) is 0 Å². The van der Waals surface area contributed by atoms with Crippen LogP contribution in [0.25, 0.3) is 11.0 Å². The number of rotatable bonds is 10. The summed E-state index contributed by atoms with van der Waals surface area (Å²) < 4.78 is 1.97. The number of aromatic nitrogens is 3. The van der Waals surface area contributed by atoms with Crippen molar-refractivity contribution in [2.24, 2.45) is 7.05 Å². The van der Waals surface area contributed by atoms with Gasteiger partial charge in [0.1, 0.15) is 11.6 Å². The highest BCUT2D eigenvalue weighted by atomic mass is 16.9. The van der Waals surface area contributed by atoms with E-state index in [0.29, 0.717) is 48.4 Å². The van der Waals surface area contributed by atoms with Crippen LogP contribution in [0.3, 0.4) is 0 Å². The maximum atomic E-state index is 13.5. The van der Waals surface area contributed by atoms with E-state index in [0.717, 1.165) is 17.0 Å². The Bertz CT molecular complexity index is 1510. The van der Waals surface area contributed by atoms with Crippen molar-refractivity contribution in [1.82, 2.24) is 14.5 Å². The van der Waals surface area contributed by atoms with E-state index in [1.54, 1.807) is 47.5 Å². The number of hydrogen-bond acceptors (Lipinski definition) is 8. The van der Waals surface area contributed by atoms with Gasteiger partial charge in [0.05, 0.1) is 29.2 Å². The van der Waals surface area contributed by atoms with Crippen LogP contribution in [0.4, 0.5) is 11.5 Å². The summed E-state index contributed by atoms with van der Waals surface area (Å²) in [5.41, 5.74) is 3.56. The molecule has 1 amide bonds. The van der Waals surface area contributed by atoms with E-state index < -0.39 is 11.1 Å². The van der Waals surface area contributed by atoms with E-state index in [-0.39, 0.29) is 12.3 Å². The lowest BCUT2D eigenvalue weighted by Gasteiger charge is -2.21. The number of anilines is 2. The number of benzene rings is 2. The monoisotopic (exact) mass is 545 g/mol. The average molecular weight is 546 g/mol. The van der Waals surface area contributed by atoms with Crippen LogP contribution in [0.5, 0.6) is 0 Å². The van der Waals surface area contributed by atoms with Gasteiger partial charge in [-0.1, -0.05) is 6.07 Å². The van der Waals surface area contributed by atoms with Crippen molar-refractivity contribution < 1.29 is 25.0 Å². The van der Waals surface area contributed by atoms with Crippen LogP contribution in [0.1, 0.15) is 41.0 Å². The van der Waals surface area contributed by atoms with E-state index in [9.17, 15) is 9.59 Å². The number of nitriles is 1. The van der Waals surface area contributed by atoms with Gasteiger partial charge in [0, 0.05) is 37.5 Å². The number of unbranched alkanes of at least 4 members (excludes halogenated alkanes) is 1. The predicted molar refractivity (Wildman–Crippen MR) is 145 cm³/mol. The third kappa shape index (κ3) is 7.99. The number of carbonyl (C=O) groups excluding carboxylic acids is 1. The first-order valence-corrected chi connectivity index (χ1v) is 12.2. The Morgan fingerprint density at radius 1 is 1.15 bits per heavy atom. The molecule has 0 atom stereocenters. The molecule has 40 heavy (non-hydrogen) atoms. The van der Waals surface area contributed by atoms with Crippen molar-refractivity contribution in [3.8, 4) is 6.07 Å². The molecule has 2 aromatic heterocycles. The lowest BCUT2D eigenvalue weighted by Crippen LogP contribution is -2.32. The number of aliphatic carboxylic acids is 1. The molecular weight excluding hydrogens is 518 g/mol. The SMILES string of the molecule is Cn1c(CNc2ccc(C#N)cc2)nc2cc(C(=O)N(CCCCC(=O)O)c3ccccn3)ccc21.O=[N+]([O-])O. The number of imidazole rings is 1. The minimum absolute atomic E-state index is 0.0590. The molecule has 0 radical (unpaired) electrons. The molecule has 2 heterocycles. The molecule has 0 fully saturated rings. The smallest absolute Gasteiger partial charge is 0.303 e. The molecule has 2 aromatic carbocycles. The molecule has 0 aliphatic carbocycles. The summed E-state index contributed by atoms with van der Waals surface area (Å²) >= 11 is 0. The van der Waals surface area contributed by atoms with Crippen LogP contribution in [-0.2, 0) is 18.4 Å².